The Bertz CT molecular complexity index is 353. The molecule has 0 aliphatic carbocycles. The van der Waals surface area contributed by atoms with E-state index in [0.29, 0.717) is 12.0 Å². The van der Waals surface area contributed by atoms with Crippen LogP contribution in [0.4, 0.5) is 9.18 Å². The zero-order chi connectivity index (χ0) is 12.1. The van der Waals surface area contributed by atoms with Gasteiger partial charge in [0, 0.05) is 0 Å². The molecule has 4 nitrogen and oxygen atoms in total. The smallest absolute Gasteiger partial charge is 0.404 e. The first-order chi connectivity index (χ1) is 7.54. The van der Waals surface area contributed by atoms with Gasteiger partial charge in [-0.25, -0.2) is 9.18 Å². The van der Waals surface area contributed by atoms with Crippen LogP contribution in [0.3, 0.4) is 0 Å². The van der Waals surface area contributed by atoms with Crippen molar-refractivity contribution in [2.45, 2.75) is 25.6 Å². The van der Waals surface area contributed by atoms with Gasteiger partial charge in [0.15, 0.2) is 0 Å². The molecule has 3 N–H and O–H groups in total. The van der Waals surface area contributed by atoms with Crippen LogP contribution in [0.25, 0.3) is 0 Å². The fraction of sp³-hybridized carbons (Fsp3) is 0.364. The molecule has 1 aromatic rings. The Morgan fingerprint density at radius 1 is 1.50 bits per heavy atom. The molecule has 0 aliphatic rings. The number of carbonyl (C=O) groups is 1. The largest absolute Gasteiger partial charge is 0.443 e. The number of aliphatic hydroxyl groups is 1. The van der Waals surface area contributed by atoms with Gasteiger partial charge in [0.2, 0.25) is 0 Å². The van der Waals surface area contributed by atoms with Gasteiger partial charge in [-0.1, -0.05) is 19.1 Å². The second-order valence-corrected chi connectivity index (χ2v) is 3.38. The van der Waals surface area contributed by atoms with Crippen LogP contribution >= 0.6 is 0 Å². The summed E-state index contributed by atoms with van der Waals surface area (Å²) in [6.45, 7) is 1.75. The van der Waals surface area contributed by atoms with E-state index < -0.39 is 18.3 Å². The van der Waals surface area contributed by atoms with Crippen LogP contribution in [0.2, 0.25) is 0 Å². The van der Waals surface area contributed by atoms with Crippen molar-refractivity contribution in [1.29, 1.82) is 0 Å². The third kappa shape index (κ3) is 3.20. The Balaban J connectivity index is 2.78. The van der Waals surface area contributed by atoms with Crippen molar-refractivity contribution in [3.63, 3.8) is 0 Å². The van der Waals surface area contributed by atoms with Gasteiger partial charge in [-0.3, -0.25) is 0 Å². The molecule has 1 rings (SSSR count). The molecule has 0 saturated carbocycles. The molecule has 0 fully saturated rings. The monoisotopic (exact) mass is 227 g/mol. The molecule has 0 heterocycles. The van der Waals surface area contributed by atoms with E-state index in [1.807, 2.05) is 0 Å². The topological polar surface area (TPSA) is 72.5 Å². The van der Waals surface area contributed by atoms with Gasteiger partial charge in [0.05, 0.1) is 0 Å². The van der Waals surface area contributed by atoms with Crippen LogP contribution in [-0.4, -0.2) is 17.3 Å². The number of nitrogens with two attached hydrogens (primary N) is 1. The fourth-order valence-electron chi connectivity index (χ4n) is 1.39. The third-order valence-corrected chi connectivity index (χ3v) is 2.23. The van der Waals surface area contributed by atoms with Crippen LogP contribution in [-0.2, 0) is 4.74 Å². The van der Waals surface area contributed by atoms with Crippen LogP contribution in [0.15, 0.2) is 24.3 Å². The van der Waals surface area contributed by atoms with E-state index in [4.69, 9.17) is 10.5 Å². The minimum absolute atomic E-state index is 0.389. The van der Waals surface area contributed by atoms with E-state index >= 15 is 0 Å². The summed E-state index contributed by atoms with van der Waals surface area (Å²) in [5.74, 6) is -0.389. The summed E-state index contributed by atoms with van der Waals surface area (Å²) < 4.78 is 17.4. The number of primary amides is 1. The van der Waals surface area contributed by atoms with Crippen molar-refractivity contribution in [2.24, 2.45) is 5.73 Å². The van der Waals surface area contributed by atoms with Crippen molar-refractivity contribution in [2.75, 3.05) is 0 Å². The van der Waals surface area contributed by atoms with Gasteiger partial charge in [-0.2, -0.15) is 0 Å². The third-order valence-electron chi connectivity index (χ3n) is 2.23. The highest BCUT2D eigenvalue weighted by Crippen LogP contribution is 2.21. The zero-order valence-corrected chi connectivity index (χ0v) is 8.89. The van der Waals surface area contributed by atoms with Crippen molar-refractivity contribution in [3.8, 4) is 0 Å². The minimum atomic E-state index is -1.00. The van der Waals surface area contributed by atoms with Crippen molar-refractivity contribution < 1.29 is 19.0 Å². The highest BCUT2D eigenvalue weighted by Gasteiger charge is 2.22. The Morgan fingerprint density at radius 2 is 2.06 bits per heavy atom. The molecule has 0 bridgehead atoms. The van der Waals surface area contributed by atoms with Gasteiger partial charge < -0.3 is 15.6 Å². The fourth-order valence-corrected chi connectivity index (χ4v) is 1.39. The van der Waals surface area contributed by atoms with E-state index in [9.17, 15) is 14.3 Å². The van der Waals surface area contributed by atoms with Crippen LogP contribution < -0.4 is 5.73 Å². The van der Waals surface area contributed by atoms with E-state index in [1.54, 1.807) is 6.92 Å². The number of benzene rings is 1. The van der Waals surface area contributed by atoms with Crippen molar-refractivity contribution in [3.05, 3.63) is 35.6 Å². The highest BCUT2D eigenvalue weighted by molar-refractivity contribution is 5.64. The highest BCUT2D eigenvalue weighted by atomic mass is 19.1. The average molecular weight is 227 g/mol. The Hall–Kier alpha value is -1.62. The maximum Gasteiger partial charge on any atom is 0.404 e. The number of hydrogen-bond acceptors (Lipinski definition) is 3. The molecular weight excluding hydrogens is 213 g/mol. The molecule has 0 aromatic heterocycles. The lowest BCUT2D eigenvalue weighted by Crippen LogP contribution is -2.27. The first-order valence-corrected chi connectivity index (χ1v) is 4.94. The molecule has 5 heteroatoms. The summed E-state index contributed by atoms with van der Waals surface area (Å²) in [4.78, 5) is 10.6. The first-order valence-electron chi connectivity index (χ1n) is 4.94. The molecule has 0 saturated heterocycles. The number of carbonyl (C=O) groups excluding carboxylic acids is 1. The van der Waals surface area contributed by atoms with Gasteiger partial charge in [0.1, 0.15) is 18.0 Å². The van der Waals surface area contributed by atoms with Crippen molar-refractivity contribution in [1.82, 2.24) is 0 Å². The van der Waals surface area contributed by atoms with Crippen LogP contribution in [0, 0.1) is 5.82 Å². The molecular formula is C11H14FNO3. The summed E-state index contributed by atoms with van der Waals surface area (Å²) in [5, 5.41) is 9.86. The lowest BCUT2D eigenvalue weighted by Gasteiger charge is -2.21. The Morgan fingerprint density at radius 3 is 2.50 bits per heavy atom. The summed E-state index contributed by atoms with van der Waals surface area (Å²) >= 11 is 0. The number of ether oxygens (including phenoxy) is 1. The molecule has 88 valence electrons. The molecule has 0 aliphatic heterocycles. The number of hydrogen-bond donors (Lipinski definition) is 2. The molecule has 1 amide bonds. The Labute approximate surface area is 92.8 Å². The van der Waals surface area contributed by atoms with Gasteiger partial charge >= 0.3 is 6.09 Å². The molecule has 0 spiro atoms. The second kappa shape index (κ2) is 5.46. The molecule has 0 radical (unpaired) electrons. The number of aliphatic hydroxyl groups excluding tert-OH is 1. The van der Waals surface area contributed by atoms with E-state index in [-0.39, 0.29) is 5.82 Å². The predicted octanol–water partition coefficient (Wildman–Crippen LogP) is 1.73. The number of rotatable bonds is 4. The number of amides is 1. The predicted molar refractivity (Wildman–Crippen MR) is 56.1 cm³/mol. The maximum absolute atomic E-state index is 12.7. The summed E-state index contributed by atoms with van der Waals surface area (Å²) in [6, 6.07) is 5.34. The van der Waals surface area contributed by atoms with Crippen molar-refractivity contribution >= 4 is 6.09 Å². The SMILES string of the molecule is CC[C@@H](OC(N)=O)[C@H](O)c1ccc(F)cc1. The molecule has 0 unspecified atom stereocenters. The van der Waals surface area contributed by atoms with E-state index in [2.05, 4.69) is 0 Å². The van der Waals surface area contributed by atoms with Crippen LogP contribution in [0.1, 0.15) is 25.0 Å². The Kier molecular flexibility index (Phi) is 4.25. The summed E-state index contributed by atoms with van der Waals surface area (Å²) in [6.07, 6.45) is -2.24. The normalized spacial score (nSPS) is 14.2. The quantitative estimate of drug-likeness (QED) is 0.822. The van der Waals surface area contributed by atoms with Gasteiger partial charge in [-0.15, -0.1) is 0 Å². The standard InChI is InChI=1S/C11H14FNO3/c1-2-9(16-11(13)15)10(14)7-3-5-8(12)6-4-7/h3-6,9-10,14H,2H2,1H3,(H2,13,15)/t9-,10-/m1/s1. The summed E-state index contributed by atoms with van der Waals surface area (Å²) in [7, 11) is 0. The summed E-state index contributed by atoms with van der Waals surface area (Å²) in [5.41, 5.74) is 5.36. The van der Waals surface area contributed by atoms with Gasteiger partial charge in [-0.05, 0) is 24.1 Å². The zero-order valence-electron chi connectivity index (χ0n) is 8.89. The van der Waals surface area contributed by atoms with E-state index in [1.165, 1.54) is 24.3 Å². The average Bonchev–Trinajstić information content (AvgIpc) is 2.25. The second-order valence-electron chi connectivity index (χ2n) is 3.38. The molecule has 16 heavy (non-hydrogen) atoms. The molecule has 1 aromatic carbocycles. The number of halogens is 1. The minimum Gasteiger partial charge on any atom is -0.443 e. The van der Waals surface area contributed by atoms with Crippen LogP contribution in [0.5, 0.6) is 0 Å². The molecule has 2 atom stereocenters. The first kappa shape index (κ1) is 12.4. The van der Waals surface area contributed by atoms with E-state index in [0.717, 1.165) is 0 Å². The lowest BCUT2D eigenvalue weighted by molar-refractivity contribution is 0.00333. The maximum atomic E-state index is 12.7. The lowest BCUT2D eigenvalue weighted by atomic mass is 10.0. The van der Waals surface area contributed by atoms with Gasteiger partial charge in [0.25, 0.3) is 0 Å².